The molecule has 1 heterocycles. The van der Waals surface area contributed by atoms with Crippen LogP contribution in [0.3, 0.4) is 0 Å². The standard InChI is InChI=1S/C11H8Cl2N2O3/c12-5-1-2-6(13)9-8(5)10(17)11(18)15(9)4-3-7(14)16/h1-2H,3-4H2,(H2,14,16). The Bertz CT molecular complexity index is 572. The lowest BCUT2D eigenvalue weighted by Crippen LogP contribution is -2.33. The Morgan fingerprint density at radius 2 is 1.83 bits per heavy atom. The van der Waals surface area contributed by atoms with Gasteiger partial charge in [0.25, 0.3) is 11.7 Å². The molecule has 2 amide bonds. The molecule has 5 nitrogen and oxygen atoms in total. The van der Waals surface area contributed by atoms with Crippen molar-refractivity contribution in [2.75, 3.05) is 11.4 Å². The van der Waals surface area contributed by atoms with E-state index in [2.05, 4.69) is 0 Å². The van der Waals surface area contributed by atoms with Crippen LogP contribution in [0, 0.1) is 0 Å². The monoisotopic (exact) mass is 286 g/mol. The Morgan fingerprint density at radius 1 is 1.22 bits per heavy atom. The minimum Gasteiger partial charge on any atom is -0.370 e. The van der Waals surface area contributed by atoms with Crippen LogP contribution in [-0.4, -0.2) is 24.1 Å². The van der Waals surface area contributed by atoms with Gasteiger partial charge >= 0.3 is 0 Å². The minimum absolute atomic E-state index is 0.00691. The molecule has 0 radical (unpaired) electrons. The summed E-state index contributed by atoms with van der Waals surface area (Å²) in [4.78, 5) is 35.4. The summed E-state index contributed by atoms with van der Waals surface area (Å²) in [5.74, 6) is -2.04. The van der Waals surface area contributed by atoms with E-state index in [0.29, 0.717) is 0 Å². The number of amides is 2. The first-order valence-corrected chi connectivity index (χ1v) is 5.81. The van der Waals surface area contributed by atoms with Crippen LogP contribution in [0.15, 0.2) is 12.1 Å². The minimum atomic E-state index is -0.749. The zero-order chi connectivity index (χ0) is 13.4. The van der Waals surface area contributed by atoms with Gasteiger partial charge in [0.15, 0.2) is 0 Å². The van der Waals surface area contributed by atoms with E-state index in [0.717, 1.165) is 4.90 Å². The van der Waals surface area contributed by atoms with Crippen LogP contribution >= 0.6 is 23.2 Å². The second kappa shape index (κ2) is 4.59. The summed E-state index contributed by atoms with van der Waals surface area (Å²) in [6, 6.07) is 2.94. The number of Topliss-reactive ketones (excluding diaryl/α,β-unsaturated/α-hetero) is 1. The van der Waals surface area contributed by atoms with E-state index >= 15 is 0 Å². The number of nitrogens with zero attached hydrogens (tertiary/aromatic N) is 1. The first-order chi connectivity index (χ1) is 8.43. The number of fused-ring (bicyclic) bond motifs is 1. The SMILES string of the molecule is NC(=O)CCN1C(=O)C(=O)c2c(Cl)ccc(Cl)c21. The quantitative estimate of drug-likeness (QED) is 0.853. The Labute approximate surface area is 112 Å². The van der Waals surface area contributed by atoms with Crippen molar-refractivity contribution in [1.29, 1.82) is 0 Å². The lowest BCUT2D eigenvalue weighted by atomic mass is 10.1. The van der Waals surface area contributed by atoms with Crippen LogP contribution in [0.1, 0.15) is 16.8 Å². The summed E-state index contributed by atoms with van der Waals surface area (Å²) >= 11 is 11.8. The number of carbonyl (C=O) groups excluding carboxylic acids is 3. The Balaban J connectivity index is 2.48. The highest BCUT2D eigenvalue weighted by Gasteiger charge is 2.39. The molecular weight excluding hydrogens is 279 g/mol. The van der Waals surface area contributed by atoms with Gasteiger partial charge in [0.05, 0.1) is 21.3 Å². The summed E-state index contributed by atoms with van der Waals surface area (Å²) in [7, 11) is 0. The third kappa shape index (κ3) is 1.95. The van der Waals surface area contributed by atoms with Crippen molar-refractivity contribution in [2.24, 2.45) is 5.73 Å². The molecule has 1 aromatic carbocycles. The maximum atomic E-state index is 11.8. The first kappa shape index (κ1) is 12.9. The molecule has 0 aliphatic carbocycles. The van der Waals surface area contributed by atoms with Gasteiger partial charge in [-0.3, -0.25) is 14.4 Å². The van der Waals surface area contributed by atoms with Crippen LogP contribution in [0.2, 0.25) is 10.0 Å². The topological polar surface area (TPSA) is 80.5 Å². The Hall–Kier alpha value is -1.59. The lowest BCUT2D eigenvalue weighted by Gasteiger charge is -2.16. The average molecular weight is 287 g/mol. The molecule has 0 spiro atoms. The highest BCUT2D eigenvalue weighted by molar-refractivity contribution is 6.57. The maximum absolute atomic E-state index is 11.8. The van der Waals surface area contributed by atoms with Crippen molar-refractivity contribution in [3.05, 3.63) is 27.7 Å². The zero-order valence-corrected chi connectivity index (χ0v) is 10.6. The highest BCUT2D eigenvalue weighted by Crippen LogP contribution is 2.39. The van der Waals surface area contributed by atoms with Crippen molar-refractivity contribution in [1.82, 2.24) is 0 Å². The number of hydrogen-bond acceptors (Lipinski definition) is 3. The second-order valence-corrected chi connectivity index (χ2v) is 4.57. The van der Waals surface area contributed by atoms with Crippen molar-refractivity contribution in [3.8, 4) is 0 Å². The van der Waals surface area contributed by atoms with Crippen LogP contribution in [0.5, 0.6) is 0 Å². The van der Waals surface area contributed by atoms with E-state index in [4.69, 9.17) is 28.9 Å². The van der Waals surface area contributed by atoms with Crippen molar-refractivity contribution < 1.29 is 14.4 Å². The molecule has 7 heteroatoms. The van der Waals surface area contributed by atoms with Gasteiger partial charge in [-0.15, -0.1) is 0 Å². The number of benzene rings is 1. The van der Waals surface area contributed by atoms with E-state index in [-0.39, 0.29) is 34.3 Å². The number of rotatable bonds is 3. The molecule has 0 bridgehead atoms. The molecule has 1 aliphatic heterocycles. The molecule has 2 N–H and O–H groups in total. The predicted molar refractivity (Wildman–Crippen MR) is 67.0 cm³/mol. The number of ketones is 1. The van der Waals surface area contributed by atoms with E-state index < -0.39 is 17.6 Å². The summed E-state index contributed by atoms with van der Waals surface area (Å²) in [6.45, 7) is 0.00691. The van der Waals surface area contributed by atoms with E-state index in [1.54, 1.807) is 0 Å². The van der Waals surface area contributed by atoms with Gasteiger partial charge in [-0.1, -0.05) is 23.2 Å². The highest BCUT2D eigenvalue weighted by atomic mass is 35.5. The van der Waals surface area contributed by atoms with Gasteiger partial charge in [-0.05, 0) is 12.1 Å². The average Bonchev–Trinajstić information content (AvgIpc) is 2.56. The number of anilines is 1. The smallest absolute Gasteiger partial charge is 0.299 e. The fourth-order valence-electron chi connectivity index (χ4n) is 1.79. The van der Waals surface area contributed by atoms with Crippen molar-refractivity contribution in [3.63, 3.8) is 0 Å². The molecule has 1 aromatic rings. The van der Waals surface area contributed by atoms with E-state index in [1.807, 2.05) is 0 Å². The van der Waals surface area contributed by atoms with E-state index in [1.165, 1.54) is 12.1 Å². The van der Waals surface area contributed by atoms with Crippen molar-refractivity contribution >= 4 is 46.5 Å². The molecule has 0 saturated carbocycles. The summed E-state index contributed by atoms with van der Waals surface area (Å²) < 4.78 is 0. The molecule has 0 aromatic heterocycles. The Morgan fingerprint density at radius 3 is 2.44 bits per heavy atom. The summed E-state index contributed by atoms with van der Waals surface area (Å²) in [5, 5.41) is 0.396. The molecule has 94 valence electrons. The van der Waals surface area contributed by atoms with Gasteiger partial charge in [0, 0.05) is 13.0 Å². The van der Waals surface area contributed by atoms with Gasteiger partial charge in [0.1, 0.15) is 0 Å². The van der Waals surface area contributed by atoms with Gasteiger partial charge in [0.2, 0.25) is 5.91 Å². The summed E-state index contributed by atoms with van der Waals surface area (Å²) in [6.07, 6.45) is -0.0543. The molecule has 0 saturated heterocycles. The number of halogens is 2. The molecule has 0 unspecified atom stereocenters. The maximum Gasteiger partial charge on any atom is 0.299 e. The Kier molecular flexibility index (Phi) is 3.28. The van der Waals surface area contributed by atoms with Crippen LogP contribution in [0.4, 0.5) is 5.69 Å². The van der Waals surface area contributed by atoms with Gasteiger partial charge in [-0.25, -0.2) is 0 Å². The number of primary amides is 1. The van der Waals surface area contributed by atoms with Crippen LogP contribution < -0.4 is 10.6 Å². The normalized spacial score (nSPS) is 14.0. The van der Waals surface area contributed by atoms with Gasteiger partial charge < -0.3 is 10.6 Å². The van der Waals surface area contributed by atoms with E-state index in [9.17, 15) is 14.4 Å². The number of hydrogen-bond donors (Lipinski definition) is 1. The molecule has 2 rings (SSSR count). The van der Waals surface area contributed by atoms with Crippen molar-refractivity contribution in [2.45, 2.75) is 6.42 Å². The fraction of sp³-hybridized carbons (Fsp3) is 0.182. The van der Waals surface area contributed by atoms with Crippen LogP contribution in [-0.2, 0) is 9.59 Å². The largest absolute Gasteiger partial charge is 0.370 e. The number of nitrogens with two attached hydrogens (primary N) is 1. The molecule has 1 aliphatic rings. The number of carbonyl (C=O) groups is 3. The third-order valence-electron chi connectivity index (χ3n) is 2.60. The molecule has 0 atom stereocenters. The molecule has 18 heavy (non-hydrogen) atoms. The summed E-state index contributed by atoms with van der Waals surface area (Å²) in [5.41, 5.74) is 5.35. The predicted octanol–water partition coefficient (Wildman–Crippen LogP) is 1.40. The fourth-order valence-corrected chi connectivity index (χ4v) is 2.29. The zero-order valence-electron chi connectivity index (χ0n) is 9.07. The third-order valence-corrected chi connectivity index (χ3v) is 3.22. The lowest BCUT2D eigenvalue weighted by molar-refractivity contribution is -0.118. The first-order valence-electron chi connectivity index (χ1n) is 5.06. The molecule has 0 fully saturated rings. The molecular formula is C11H8Cl2N2O3. The second-order valence-electron chi connectivity index (χ2n) is 3.76. The van der Waals surface area contributed by atoms with Crippen LogP contribution in [0.25, 0.3) is 0 Å². The van der Waals surface area contributed by atoms with Gasteiger partial charge in [-0.2, -0.15) is 0 Å².